The minimum absolute atomic E-state index is 0. The van der Waals surface area contributed by atoms with Crippen molar-refractivity contribution in [2.75, 3.05) is 40.5 Å². The fourth-order valence-corrected chi connectivity index (χ4v) is 2.85. The van der Waals surface area contributed by atoms with Crippen molar-refractivity contribution in [1.82, 2.24) is 10.6 Å². The lowest BCUT2D eigenvalue weighted by Gasteiger charge is -2.15. The highest BCUT2D eigenvalue weighted by Gasteiger charge is 2.06. The van der Waals surface area contributed by atoms with E-state index in [1.165, 1.54) is 11.1 Å². The summed E-state index contributed by atoms with van der Waals surface area (Å²) in [5, 5.41) is 6.71. The first-order valence-corrected chi connectivity index (χ1v) is 10.0. The molecule has 6 nitrogen and oxygen atoms in total. The van der Waals surface area contributed by atoms with Gasteiger partial charge in [-0.25, -0.2) is 0 Å². The molecule has 0 aliphatic carbocycles. The van der Waals surface area contributed by atoms with Gasteiger partial charge in [-0.05, 0) is 49.6 Å². The van der Waals surface area contributed by atoms with E-state index in [4.69, 9.17) is 14.2 Å². The molecule has 0 aliphatic heterocycles. The van der Waals surface area contributed by atoms with Gasteiger partial charge in [-0.3, -0.25) is 4.99 Å². The van der Waals surface area contributed by atoms with E-state index < -0.39 is 0 Å². The first kappa shape index (κ1) is 26.0. The molecule has 2 N–H and O–H groups in total. The monoisotopic (exact) mass is 527 g/mol. The maximum absolute atomic E-state index is 5.91. The molecule has 0 saturated heterocycles. The lowest BCUT2D eigenvalue weighted by atomic mass is 10.1. The molecule has 0 aromatic heterocycles. The predicted molar refractivity (Wildman–Crippen MR) is 133 cm³/mol. The summed E-state index contributed by atoms with van der Waals surface area (Å²) in [6.45, 7) is 7.27. The number of methoxy groups -OCH3 is 1. The van der Waals surface area contributed by atoms with Crippen LogP contribution in [0.15, 0.2) is 47.5 Å². The Labute approximate surface area is 197 Å². The van der Waals surface area contributed by atoms with E-state index in [-0.39, 0.29) is 24.0 Å². The van der Waals surface area contributed by atoms with Crippen molar-refractivity contribution in [3.05, 3.63) is 59.2 Å². The second-order valence-electron chi connectivity index (χ2n) is 6.61. The van der Waals surface area contributed by atoms with E-state index in [1.54, 1.807) is 14.2 Å². The van der Waals surface area contributed by atoms with Crippen molar-refractivity contribution in [1.29, 1.82) is 0 Å². The van der Waals surface area contributed by atoms with Crippen LogP contribution in [-0.4, -0.2) is 46.5 Å². The van der Waals surface area contributed by atoms with Crippen molar-refractivity contribution in [3.63, 3.8) is 0 Å². The fourth-order valence-electron chi connectivity index (χ4n) is 2.85. The Morgan fingerprint density at radius 1 is 1.07 bits per heavy atom. The number of nitrogens with one attached hydrogen (secondary N) is 2. The minimum atomic E-state index is 0. The van der Waals surface area contributed by atoms with E-state index in [0.29, 0.717) is 26.4 Å². The molecule has 2 rings (SSSR count). The van der Waals surface area contributed by atoms with Gasteiger partial charge >= 0.3 is 0 Å². The number of aryl methyl sites for hydroxylation is 1. The van der Waals surface area contributed by atoms with Crippen LogP contribution in [0, 0.1) is 6.92 Å². The Morgan fingerprint density at radius 3 is 2.63 bits per heavy atom. The van der Waals surface area contributed by atoms with Crippen LogP contribution in [0.5, 0.6) is 11.5 Å². The number of hydrogen-bond donors (Lipinski definition) is 2. The summed E-state index contributed by atoms with van der Waals surface area (Å²) in [4.78, 5) is 4.31. The zero-order valence-corrected chi connectivity index (χ0v) is 20.7. The van der Waals surface area contributed by atoms with Crippen molar-refractivity contribution in [2.24, 2.45) is 4.99 Å². The number of aliphatic imine (C=N–C) groups is 1. The fraction of sp³-hybridized carbons (Fsp3) is 0.435. The van der Waals surface area contributed by atoms with Crippen LogP contribution in [-0.2, 0) is 17.7 Å². The minimum Gasteiger partial charge on any atom is -0.497 e. The summed E-state index contributed by atoms with van der Waals surface area (Å²) in [5.74, 6) is 2.51. The van der Waals surface area contributed by atoms with Crippen molar-refractivity contribution < 1.29 is 14.2 Å². The molecule has 0 fully saturated rings. The third-order valence-electron chi connectivity index (χ3n) is 4.42. The van der Waals surface area contributed by atoms with Crippen LogP contribution in [0.3, 0.4) is 0 Å². The van der Waals surface area contributed by atoms with Gasteiger partial charge in [0.25, 0.3) is 0 Å². The molecule has 7 heteroatoms. The summed E-state index contributed by atoms with van der Waals surface area (Å²) in [7, 11) is 3.46. The van der Waals surface area contributed by atoms with Gasteiger partial charge in [0.15, 0.2) is 5.96 Å². The summed E-state index contributed by atoms with van der Waals surface area (Å²) in [6.07, 6.45) is 0.883. The normalized spacial score (nSPS) is 10.9. The average molecular weight is 527 g/mol. The number of benzene rings is 2. The van der Waals surface area contributed by atoms with Crippen LogP contribution in [0.25, 0.3) is 0 Å². The van der Waals surface area contributed by atoms with Gasteiger partial charge in [0, 0.05) is 32.3 Å². The molecule has 2 aromatic rings. The van der Waals surface area contributed by atoms with Crippen LogP contribution in [0.4, 0.5) is 0 Å². The molecule has 0 bridgehead atoms. The van der Waals surface area contributed by atoms with E-state index >= 15 is 0 Å². The van der Waals surface area contributed by atoms with E-state index in [9.17, 15) is 0 Å². The van der Waals surface area contributed by atoms with Crippen molar-refractivity contribution in [3.8, 4) is 11.5 Å². The van der Waals surface area contributed by atoms with E-state index in [0.717, 1.165) is 36.0 Å². The highest BCUT2D eigenvalue weighted by atomic mass is 127. The maximum Gasteiger partial charge on any atom is 0.191 e. The Kier molecular flexibility index (Phi) is 12.9. The molecular weight excluding hydrogens is 493 g/mol. The van der Waals surface area contributed by atoms with Gasteiger partial charge < -0.3 is 24.8 Å². The molecule has 0 radical (unpaired) electrons. The summed E-state index contributed by atoms with van der Waals surface area (Å²) in [5.41, 5.74) is 3.47. The van der Waals surface area contributed by atoms with E-state index in [1.807, 2.05) is 19.1 Å². The molecule has 0 atom stereocenters. The molecule has 30 heavy (non-hydrogen) atoms. The van der Waals surface area contributed by atoms with Crippen LogP contribution < -0.4 is 20.1 Å². The number of rotatable bonds is 11. The van der Waals surface area contributed by atoms with Gasteiger partial charge in [-0.1, -0.05) is 24.3 Å². The van der Waals surface area contributed by atoms with Gasteiger partial charge in [0.1, 0.15) is 18.1 Å². The second-order valence-corrected chi connectivity index (χ2v) is 6.61. The molecule has 0 heterocycles. The largest absolute Gasteiger partial charge is 0.497 e. The molecule has 0 aliphatic rings. The predicted octanol–water partition coefficient (Wildman–Crippen LogP) is 3.94. The van der Waals surface area contributed by atoms with Gasteiger partial charge in [0.2, 0.25) is 0 Å². The van der Waals surface area contributed by atoms with Crippen LogP contribution in [0.2, 0.25) is 0 Å². The molecule has 2 aromatic carbocycles. The van der Waals surface area contributed by atoms with Gasteiger partial charge in [0.05, 0.1) is 13.7 Å². The molecule has 0 spiro atoms. The average Bonchev–Trinajstić information content (AvgIpc) is 2.74. The Hall–Kier alpha value is -2.00. The topological polar surface area (TPSA) is 64.1 Å². The first-order valence-electron chi connectivity index (χ1n) is 10.0. The third kappa shape index (κ3) is 9.21. The Bertz CT molecular complexity index is 784. The summed E-state index contributed by atoms with van der Waals surface area (Å²) in [6, 6.07) is 14.3. The Morgan fingerprint density at radius 2 is 1.90 bits per heavy atom. The number of ether oxygens (including phenoxy) is 3. The highest BCUT2D eigenvalue weighted by molar-refractivity contribution is 14.0. The lowest BCUT2D eigenvalue weighted by Crippen LogP contribution is -2.37. The molecule has 166 valence electrons. The maximum atomic E-state index is 5.91. The van der Waals surface area contributed by atoms with E-state index in [2.05, 4.69) is 52.9 Å². The molecule has 0 unspecified atom stereocenters. The van der Waals surface area contributed by atoms with Crippen LogP contribution >= 0.6 is 24.0 Å². The molecule has 0 amide bonds. The zero-order valence-electron chi connectivity index (χ0n) is 18.4. The van der Waals surface area contributed by atoms with Crippen molar-refractivity contribution in [2.45, 2.75) is 26.8 Å². The lowest BCUT2D eigenvalue weighted by molar-refractivity contribution is 0.110. The highest BCUT2D eigenvalue weighted by Crippen LogP contribution is 2.20. The Balaban J connectivity index is 0.00000450. The zero-order chi connectivity index (χ0) is 20.9. The summed E-state index contributed by atoms with van der Waals surface area (Å²) >= 11 is 0. The summed E-state index contributed by atoms with van der Waals surface area (Å²) < 4.78 is 16.5. The second kappa shape index (κ2) is 14.9. The van der Waals surface area contributed by atoms with Crippen molar-refractivity contribution >= 4 is 29.9 Å². The van der Waals surface area contributed by atoms with Gasteiger partial charge in [-0.2, -0.15) is 0 Å². The molecular formula is C23H34IN3O3. The number of nitrogens with zero attached hydrogens (tertiary/aromatic N) is 1. The standard InChI is InChI=1S/C23H33N3O3.HI/c1-5-28-13-14-29-22-15-18(2)9-10-20(22)17-26-23(24-3)25-12-11-19-7-6-8-21(16-19)27-4;/h6-10,15-16H,5,11-14,17H2,1-4H3,(H2,24,25,26);1H. The smallest absolute Gasteiger partial charge is 0.191 e. The van der Waals surface area contributed by atoms with Crippen LogP contribution in [0.1, 0.15) is 23.6 Å². The quantitative estimate of drug-likeness (QED) is 0.201. The number of guanidine groups is 1. The SMILES string of the molecule is CCOCCOc1cc(C)ccc1CNC(=NC)NCCc1cccc(OC)c1.I. The first-order chi connectivity index (χ1) is 14.2. The number of halogens is 1. The third-order valence-corrected chi connectivity index (χ3v) is 4.42. The number of hydrogen-bond acceptors (Lipinski definition) is 4. The van der Waals surface area contributed by atoms with Gasteiger partial charge in [-0.15, -0.1) is 24.0 Å². The molecule has 0 saturated carbocycles.